The first-order valence-corrected chi connectivity index (χ1v) is 7.47. The van der Waals surface area contributed by atoms with Crippen molar-refractivity contribution in [1.82, 2.24) is 4.90 Å². The van der Waals surface area contributed by atoms with Crippen LogP contribution in [0.2, 0.25) is 0 Å². The minimum Gasteiger partial charge on any atom is -0.490 e. The molecule has 5 nitrogen and oxygen atoms in total. The number of halogens is 1. The fourth-order valence-electron chi connectivity index (χ4n) is 2.05. The Morgan fingerprint density at radius 2 is 1.75 bits per heavy atom. The molecule has 6 heteroatoms. The molecular formula is C18H19FN2O3. The maximum atomic E-state index is 13.4. The molecule has 0 aromatic heterocycles. The molecule has 24 heavy (non-hydrogen) atoms. The van der Waals surface area contributed by atoms with Gasteiger partial charge < -0.3 is 15.0 Å². The number of anilines is 1. The van der Waals surface area contributed by atoms with Gasteiger partial charge in [-0.1, -0.05) is 24.3 Å². The number of hydrogen-bond acceptors (Lipinski definition) is 3. The van der Waals surface area contributed by atoms with Crippen LogP contribution in [0.3, 0.4) is 0 Å². The Labute approximate surface area is 140 Å². The molecule has 0 fully saturated rings. The Hall–Kier alpha value is -2.89. The third-order valence-corrected chi connectivity index (χ3v) is 3.26. The van der Waals surface area contributed by atoms with Crippen LogP contribution >= 0.6 is 0 Å². The third-order valence-electron chi connectivity index (χ3n) is 3.26. The van der Waals surface area contributed by atoms with Crippen LogP contribution in [0.5, 0.6) is 5.75 Å². The number of carbonyl (C=O) groups is 2. The molecule has 126 valence electrons. The molecule has 0 aliphatic carbocycles. The van der Waals surface area contributed by atoms with E-state index in [1.165, 1.54) is 17.0 Å². The summed E-state index contributed by atoms with van der Waals surface area (Å²) in [5.41, 5.74) is 0.845. The van der Waals surface area contributed by atoms with Crippen LogP contribution in [-0.2, 0) is 4.79 Å². The summed E-state index contributed by atoms with van der Waals surface area (Å²) in [7, 11) is 3.28. The SMILES string of the molecule is CN(C)C(=O)c1ccccc1NC(=O)CCOc1ccccc1F. The minimum atomic E-state index is -0.472. The van der Waals surface area contributed by atoms with E-state index in [0.717, 1.165) is 0 Å². The second kappa shape index (κ2) is 8.10. The highest BCUT2D eigenvalue weighted by Crippen LogP contribution is 2.18. The van der Waals surface area contributed by atoms with E-state index >= 15 is 0 Å². The van der Waals surface area contributed by atoms with Gasteiger partial charge in [-0.25, -0.2) is 4.39 Å². The van der Waals surface area contributed by atoms with Crippen molar-refractivity contribution in [1.29, 1.82) is 0 Å². The molecule has 2 aromatic carbocycles. The van der Waals surface area contributed by atoms with Gasteiger partial charge >= 0.3 is 0 Å². The standard InChI is InChI=1S/C18H19FN2O3/c1-21(2)18(23)13-7-3-5-9-15(13)20-17(22)11-12-24-16-10-6-4-8-14(16)19/h3-10H,11-12H2,1-2H3,(H,20,22). The second-order valence-electron chi connectivity index (χ2n) is 5.32. The Morgan fingerprint density at radius 1 is 1.08 bits per heavy atom. The zero-order valence-electron chi connectivity index (χ0n) is 13.6. The topological polar surface area (TPSA) is 58.6 Å². The lowest BCUT2D eigenvalue weighted by atomic mass is 10.1. The number of ether oxygens (including phenoxy) is 1. The number of hydrogen-bond donors (Lipinski definition) is 1. The largest absolute Gasteiger partial charge is 0.490 e. The highest BCUT2D eigenvalue weighted by atomic mass is 19.1. The molecule has 0 atom stereocenters. The Bertz CT molecular complexity index is 732. The minimum absolute atomic E-state index is 0.0383. The van der Waals surface area contributed by atoms with E-state index in [0.29, 0.717) is 11.3 Å². The van der Waals surface area contributed by atoms with Gasteiger partial charge in [-0.3, -0.25) is 9.59 Å². The molecular weight excluding hydrogens is 311 g/mol. The van der Waals surface area contributed by atoms with E-state index in [1.807, 2.05) is 0 Å². The van der Waals surface area contributed by atoms with Crippen molar-refractivity contribution < 1.29 is 18.7 Å². The Morgan fingerprint density at radius 3 is 2.46 bits per heavy atom. The molecule has 0 unspecified atom stereocenters. The van der Waals surface area contributed by atoms with E-state index in [4.69, 9.17) is 4.74 Å². The van der Waals surface area contributed by atoms with Crippen molar-refractivity contribution in [3.05, 3.63) is 59.9 Å². The number of rotatable bonds is 6. The van der Waals surface area contributed by atoms with Crippen LogP contribution in [0, 0.1) is 5.82 Å². The van der Waals surface area contributed by atoms with E-state index < -0.39 is 5.82 Å². The fourth-order valence-corrected chi connectivity index (χ4v) is 2.05. The first-order chi connectivity index (χ1) is 11.5. The maximum Gasteiger partial charge on any atom is 0.255 e. The summed E-state index contributed by atoms with van der Waals surface area (Å²) in [6.45, 7) is 0.0383. The van der Waals surface area contributed by atoms with Gasteiger partial charge in [0.2, 0.25) is 5.91 Å². The zero-order chi connectivity index (χ0) is 17.5. The average molecular weight is 330 g/mol. The van der Waals surface area contributed by atoms with Crippen molar-refractivity contribution in [2.45, 2.75) is 6.42 Å². The number of nitrogens with one attached hydrogen (secondary N) is 1. The monoisotopic (exact) mass is 330 g/mol. The maximum absolute atomic E-state index is 13.4. The van der Waals surface area contributed by atoms with E-state index in [9.17, 15) is 14.0 Å². The predicted octanol–water partition coefficient (Wildman–Crippen LogP) is 2.94. The molecule has 0 saturated heterocycles. The molecule has 0 heterocycles. The van der Waals surface area contributed by atoms with E-state index in [2.05, 4.69) is 5.32 Å². The fraction of sp³-hybridized carbons (Fsp3) is 0.222. The molecule has 0 aliphatic rings. The van der Waals surface area contributed by atoms with Crippen LogP contribution in [0.1, 0.15) is 16.8 Å². The number of nitrogens with zero attached hydrogens (tertiary/aromatic N) is 1. The summed E-state index contributed by atoms with van der Waals surface area (Å²) >= 11 is 0. The van der Waals surface area contributed by atoms with Crippen LogP contribution in [0.4, 0.5) is 10.1 Å². The van der Waals surface area contributed by atoms with Crippen molar-refractivity contribution in [3.63, 3.8) is 0 Å². The van der Waals surface area contributed by atoms with Gasteiger partial charge in [-0.05, 0) is 24.3 Å². The van der Waals surface area contributed by atoms with Crippen molar-refractivity contribution >= 4 is 17.5 Å². The molecule has 1 N–H and O–H groups in total. The van der Waals surface area contributed by atoms with Crippen LogP contribution < -0.4 is 10.1 Å². The molecule has 2 rings (SSSR count). The van der Waals surface area contributed by atoms with E-state index in [-0.39, 0.29) is 30.6 Å². The number of para-hydroxylation sites is 2. The van der Waals surface area contributed by atoms with Crippen molar-refractivity contribution in [2.24, 2.45) is 0 Å². The van der Waals surface area contributed by atoms with Gasteiger partial charge in [0.05, 0.1) is 24.3 Å². The Kier molecular flexibility index (Phi) is 5.89. The zero-order valence-corrected chi connectivity index (χ0v) is 13.6. The summed E-state index contributed by atoms with van der Waals surface area (Å²) in [5, 5.41) is 2.69. The molecule has 0 saturated carbocycles. The van der Waals surface area contributed by atoms with Gasteiger partial charge in [0, 0.05) is 14.1 Å². The van der Waals surface area contributed by atoms with Gasteiger partial charge in [0.1, 0.15) is 0 Å². The van der Waals surface area contributed by atoms with Gasteiger partial charge in [0.25, 0.3) is 5.91 Å². The molecule has 0 aliphatic heterocycles. The molecule has 0 spiro atoms. The molecule has 0 radical (unpaired) electrons. The lowest BCUT2D eigenvalue weighted by Crippen LogP contribution is -2.24. The van der Waals surface area contributed by atoms with Gasteiger partial charge in [0.15, 0.2) is 11.6 Å². The van der Waals surface area contributed by atoms with E-state index in [1.54, 1.807) is 50.5 Å². The summed E-state index contributed by atoms with van der Waals surface area (Å²) in [5.74, 6) is -0.882. The van der Waals surface area contributed by atoms with Crippen LogP contribution in [-0.4, -0.2) is 37.4 Å². The number of carbonyl (C=O) groups excluding carboxylic acids is 2. The summed E-state index contributed by atoms with van der Waals surface area (Å²) in [6.07, 6.45) is 0.0405. The van der Waals surface area contributed by atoms with Crippen LogP contribution in [0.15, 0.2) is 48.5 Å². The smallest absolute Gasteiger partial charge is 0.255 e. The molecule has 2 aromatic rings. The van der Waals surface area contributed by atoms with Crippen molar-refractivity contribution in [3.8, 4) is 5.75 Å². The van der Waals surface area contributed by atoms with Crippen molar-refractivity contribution in [2.75, 3.05) is 26.0 Å². The predicted molar refractivity (Wildman–Crippen MR) is 89.6 cm³/mol. The highest BCUT2D eigenvalue weighted by Gasteiger charge is 2.14. The molecule has 0 bridgehead atoms. The molecule has 2 amide bonds. The second-order valence-corrected chi connectivity index (χ2v) is 5.32. The normalized spacial score (nSPS) is 10.1. The summed E-state index contributed by atoms with van der Waals surface area (Å²) in [4.78, 5) is 25.6. The number of benzene rings is 2. The van der Waals surface area contributed by atoms with Gasteiger partial charge in [-0.15, -0.1) is 0 Å². The summed E-state index contributed by atoms with van der Waals surface area (Å²) < 4.78 is 18.7. The quantitative estimate of drug-likeness (QED) is 0.886. The number of amides is 2. The highest BCUT2D eigenvalue weighted by molar-refractivity contribution is 6.03. The average Bonchev–Trinajstić information content (AvgIpc) is 2.56. The lowest BCUT2D eigenvalue weighted by Gasteiger charge is -2.14. The third kappa shape index (κ3) is 4.55. The lowest BCUT2D eigenvalue weighted by molar-refractivity contribution is -0.116. The first-order valence-electron chi connectivity index (χ1n) is 7.47. The summed E-state index contributed by atoms with van der Waals surface area (Å²) in [6, 6.07) is 12.8. The van der Waals surface area contributed by atoms with Gasteiger partial charge in [-0.2, -0.15) is 0 Å². The first kappa shape index (κ1) is 17.5. The Balaban J connectivity index is 1.93. The van der Waals surface area contributed by atoms with Crippen LogP contribution in [0.25, 0.3) is 0 Å².